The number of hydrogen-bond acceptors (Lipinski definition) is 4. The van der Waals surface area contributed by atoms with Crippen molar-refractivity contribution in [1.29, 1.82) is 0 Å². The van der Waals surface area contributed by atoms with Crippen LogP contribution in [-0.2, 0) is 20.6 Å². The van der Waals surface area contributed by atoms with Crippen molar-refractivity contribution in [2.75, 3.05) is 19.3 Å². The first-order valence-electron chi connectivity index (χ1n) is 9.61. The van der Waals surface area contributed by atoms with Crippen molar-refractivity contribution in [2.24, 2.45) is 0 Å². The highest BCUT2D eigenvalue weighted by Gasteiger charge is 2.44. The van der Waals surface area contributed by atoms with Crippen molar-refractivity contribution in [2.45, 2.75) is 44.2 Å². The number of carbonyl (C=O) groups excluding carboxylic acids is 2. The topological polar surface area (TPSA) is 135 Å². The Morgan fingerprint density at radius 1 is 1.07 bits per heavy atom. The quantitative estimate of drug-likeness (QED) is 0.616. The summed E-state index contributed by atoms with van der Waals surface area (Å²) in [6.45, 7) is 0.992. The predicted molar refractivity (Wildman–Crippen MR) is 106 cm³/mol. The first-order valence-corrected chi connectivity index (χ1v) is 11.5. The van der Waals surface area contributed by atoms with Crippen LogP contribution in [0.2, 0.25) is 0 Å². The van der Waals surface area contributed by atoms with Crippen LogP contribution in [-0.4, -0.2) is 68.0 Å². The molecule has 1 aromatic rings. The Hall–Kier alpha value is -2.38. The van der Waals surface area contributed by atoms with Gasteiger partial charge in [0.05, 0.1) is 0 Å². The van der Waals surface area contributed by atoms with Crippen LogP contribution in [0.25, 0.3) is 0 Å². The summed E-state index contributed by atoms with van der Waals surface area (Å²) in [7, 11) is -3.65. The van der Waals surface area contributed by atoms with Gasteiger partial charge in [-0.25, -0.2) is 4.79 Å². The summed E-state index contributed by atoms with van der Waals surface area (Å²) in [6.07, 6.45) is 1.57. The Labute approximate surface area is 169 Å². The maximum Gasteiger partial charge on any atom is 0.503 e. The number of benzene rings is 1. The van der Waals surface area contributed by atoms with E-state index in [4.69, 9.17) is 15.0 Å². The van der Waals surface area contributed by atoms with Crippen molar-refractivity contribution in [3.8, 4) is 0 Å². The first kappa shape index (κ1) is 22.9. The number of rotatable bonds is 5. The molecule has 0 spiro atoms. The number of hydrogen-bond donors (Lipinski definition) is 3. The van der Waals surface area contributed by atoms with Gasteiger partial charge in [0.25, 0.3) is 5.91 Å². The molecule has 3 rings (SSSR count). The summed E-state index contributed by atoms with van der Waals surface area (Å²) in [5.74, 6) is -0.462. The normalized spacial score (nSPS) is 21.3. The van der Waals surface area contributed by atoms with Gasteiger partial charge in [0.15, 0.2) is 0 Å². The molecule has 2 atom stereocenters. The lowest BCUT2D eigenvalue weighted by Gasteiger charge is -2.38. The molecule has 29 heavy (non-hydrogen) atoms. The Morgan fingerprint density at radius 3 is 2.28 bits per heavy atom. The molecule has 3 N–H and O–H groups in total. The minimum absolute atomic E-state index is 0.111. The van der Waals surface area contributed by atoms with Crippen LogP contribution in [0.1, 0.15) is 37.7 Å². The number of amides is 2. The fourth-order valence-corrected chi connectivity index (χ4v) is 5.56. The van der Waals surface area contributed by atoms with Gasteiger partial charge in [-0.05, 0) is 37.7 Å². The third-order valence-electron chi connectivity index (χ3n) is 5.01. The van der Waals surface area contributed by atoms with Crippen LogP contribution >= 0.6 is 7.37 Å². The van der Waals surface area contributed by atoms with E-state index in [1.807, 2.05) is 30.3 Å². The fourth-order valence-electron chi connectivity index (χ4n) is 3.62. The van der Waals surface area contributed by atoms with E-state index in [1.54, 1.807) is 0 Å². The van der Waals surface area contributed by atoms with Gasteiger partial charge in [0.2, 0.25) is 13.3 Å². The van der Waals surface area contributed by atoms with E-state index in [-0.39, 0.29) is 30.8 Å². The van der Waals surface area contributed by atoms with Gasteiger partial charge in [-0.1, -0.05) is 30.3 Å². The lowest BCUT2D eigenvalue weighted by molar-refractivity contribution is -0.164. The van der Waals surface area contributed by atoms with Gasteiger partial charge >= 0.3 is 6.16 Å². The molecule has 10 heteroatoms. The molecule has 2 fully saturated rings. The van der Waals surface area contributed by atoms with Crippen LogP contribution in [0, 0.1) is 0 Å². The van der Waals surface area contributed by atoms with Crippen molar-refractivity contribution < 1.29 is 34.1 Å². The van der Waals surface area contributed by atoms with Gasteiger partial charge in [0.1, 0.15) is 5.66 Å². The molecule has 9 nitrogen and oxygen atoms in total. The monoisotopic (exact) mass is 426 g/mol. The van der Waals surface area contributed by atoms with Crippen LogP contribution < -0.4 is 0 Å². The van der Waals surface area contributed by atoms with Gasteiger partial charge in [-0.15, -0.1) is 0 Å². The highest BCUT2D eigenvalue weighted by atomic mass is 31.2. The molecule has 2 aliphatic rings. The Kier molecular flexibility index (Phi) is 8.22. The average molecular weight is 426 g/mol. The number of hydrazine groups is 1. The maximum atomic E-state index is 12.9. The summed E-state index contributed by atoms with van der Waals surface area (Å²) >= 11 is 0. The molecular formula is C19H27N2O7P. The second-order valence-corrected chi connectivity index (χ2v) is 9.67. The smallest absolute Gasteiger partial charge is 0.450 e. The Morgan fingerprint density at radius 2 is 1.66 bits per heavy atom. The van der Waals surface area contributed by atoms with Crippen LogP contribution in [0.15, 0.2) is 30.3 Å². The molecule has 2 amide bonds. The van der Waals surface area contributed by atoms with Gasteiger partial charge in [-0.2, -0.15) is 0 Å². The van der Waals surface area contributed by atoms with E-state index in [2.05, 4.69) is 0 Å². The highest BCUT2D eigenvalue weighted by Crippen LogP contribution is 2.50. The van der Waals surface area contributed by atoms with Crippen LogP contribution in [0.4, 0.5) is 4.79 Å². The molecule has 2 saturated heterocycles. The molecule has 1 aromatic carbocycles. The van der Waals surface area contributed by atoms with E-state index in [9.17, 15) is 19.0 Å². The summed E-state index contributed by atoms with van der Waals surface area (Å²) in [4.78, 5) is 44.2. The Balaban J connectivity index is 0.000000687. The second-order valence-electron chi connectivity index (χ2n) is 7.09. The summed E-state index contributed by atoms with van der Waals surface area (Å²) in [5.41, 5.74) is 0.169. The molecule has 1 unspecified atom stereocenters. The van der Waals surface area contributed by atoms with Crippen molar-refractivity contribution in [3.05, 3.63) is 35.9 Å². The van der Waals surface area contributed by atoms with E-state index in [1.165, 1.54) is 10.0 Å². The van der Waals surface area contributed by atoms with Crippen molar-refractivity contribution in [1.82, 2.24) is 10.0 Å². The largest absolute Gasteiger partial charge is 0.503 e. The standard InChI is InChI=1S/C18H25N2O4P.CH2O3/c21-17-11-10-16(18(22)20-13-5-4-12-19(17)20)25(23,24)14-6-9-15-7-2-1-3-8-15;2-1(3)4/h1-3,7-8,16H,4-6,9-14H2,(H,23,24);(H2,2,3,4)/t16-;/m0./s1. The van der Waals surface area contributed by atoms with E-state index < -0.39 is 19.2 Å². The second kappa shape index (κ2) is 10.4. The Bertz CT molecular complexity index is 767. The summed E-state index contributed by atoms with van der Waals surface area (Å²) in [6, 6.07) is 9.80. The van der Waals surface area contributed by atoms with Crippen molar-refractivity contribution in [3.63, 3.8) is 0 Å². The minimum Gasteiger partial charge on any atom is -0.450 e. The number of carboxylic acid groups (broad SMARTS) is 2. The van der Waals surface area contributed by atoms with E-state index in [0.717, 1.165) is 18.4 Å². The SMILES string of the molecule is O=C(O)O.O=C1CC[C@H](P(=O)(O)CCCc2ccccc2)C(=O)N2CCCCN12. The first-order chi connectivity index (χ1) is 13.7. The third kappa shape index (κ3) is 6.58. The molecule has 0 aromatic heterocycles. The molecule has 2 aliphatic heterocycles. The molecule has 0 saturated carbocycles. The van der Waals surface area contributed by atoms with Gasteiger partial charge < -0.3 is 15.1 Å². The zero-order valence-electron chi connectivity index (χ0n) is 16.1. The average Bonchev–Trinajstić information content (AvgIpc) is 2.80. The molecule has 0 bridgehead atoms. The number of carbonyl (C=O) groups is 3. The van der Waals surface area contributed by atoms with Gasteiger partial charge in [-0.3, -0.25) is 24.2 Å². The van der Waals surface area contributed by atoms with Gasteiger partial charge in [0, 0.05) is 25.7 Å². The lowest BCUT2D eigenvalue weighted by Crippen LogP contribution is -2.53. The summed E-state index contributed by atoms with van der Waals surface area (Å²) < 4.78 is 12.9. The highest BCUT2D eigenvalue weighted by molar-refractivity contribution is 7.59. The molecule has 0 radical (unpaired) electrons. The van der Waals surface area contributed by atoms with E-state index in [0.29, 0.717) is 25.9 Å². The fraction of sp³-hybridized carbons (Fsp3) is 0.526. The van der Waals surface area contributed by atoms with Crippen molar-refractivity contribution >= 4 is 25.3 Å². The molecule has 160 valence electrons. The minimum atomic E-state index is -3.65. The number of fused-ring (bicyclic) bond motifs is 1. The maximum absolute atomic E-state index is 12.9. The molecule has 2 heterocycles. The molecular weight excluding hydrogens is 399 g/mol. The number of nitrogens with zero attached hydrogens (tertiary/aromatic N) is 2. The van der Waals surface area contributed by atoms with E-state index >= 15 is 0 Å². The molecule has 0 aliphatic carbocycles. The predicted octanol–water partition coefficient (Wildman–Crippen LogP) is 2.64. The zero-order chi connectivity index (χ0) is 21.4. The lowest BCUT2D eigenvalue weighted by atomic mass is 10.1. The third-order valence-corrected chi connectivity index (χ3v) is 7.42. The summed E-state index contributed by atoms with van der Waals surface area (Å²) in [5, 5.41) is 16.8. The number of aryl methyl sites for hydroxylation is 1. The van der Waals surface area contributed by atoms with Crippen LogP contribution in [0.5, 0.6) is 0 Å². The zero-order valence-corrected chi connectivity index (χ0v) is 17.0. The van der Waals surface area contributed by atoms with Crippen LogP contribution in [0.3, 0.4) is 0 Å².